The topological polar surface area (TPSA) is 123 Å². The summed E-state index contributed by atoms with van der Waals surface area (Å²) in [6, 6.07) is 22.9. The van der Waals surface area contributed by atoms with Gasteiger partial charge in [-0.15, -0.1) is 0 Å². The first-order chi connectivity index (χ1) is 21.9. The molecule has 0 fully saturated rings. The number of nitrogens with one attached hydrogen (secondary N) is 2. The number of hydrogen-bond donors (Lipinski definition) is 4. The van der Waals surface area contributed by atoms with Gasteiger partial charge in [0.1, 0.15) is 18.1 Å². The van der Waals surface area contributed by atoms with Gasteiger partial charge in [-0.1, -0.05) is 67.6 Å². The minimum Gasteiger partial charge on any atom is -0.494 e. The molecule has 5 N–H and O–H groups in total. The van der Waals surface area contributed by atoms with Crippen LogP contribution >= 0.6 is 0 Å². The van der Waals surface area contributed by atoms with Gasteiger partial charge in [0.05, 0.1) is 18.2 Å². The zero-order valence-corrected chi connectivity index (χ0v) is 26.5. The van der Waals surface area contributed by atoms with Crippen LogP contribution in [0.15, 0.2) is 91.0 Å². The van der Waals surface area contributed by atoms with Crippen molar-refractivity contribution in [2.45, 2.75) is 58.6 Å². The van der Waals surface area contributed by atoms with Gasteiger partial charge in [0.15, 0.2) is 0 Å². The number of carbonyl (C=O) groups excluding carboxylic acids is 1. The highest BCUT2D eigenvalue weighted by molar-refractivity contribution is 6.16. The molecule has 0 saturated carbocycles. The Morgan fingerprint density at radius 3 is 2.38 bits per heavy atom. The van der Waals surface area contributed by atoms with Crippen LogP contribution in [0.25, 0.3) is 5.57 Å². The van der Waals surface area contributed by atoms with Crippen molar-refractivity contribution in [1.29, 1.82) is 0 Å². The third-order valence-corrected chi connectivity index (χ3v) is 7.20. The first-order valence-corrected chi connectivity index (χ1v) is 15.7. The molecule has 3 aromatic carbocycles. The molecule has 0 aliphatic rings. The number of carboxylic acid groups (broad SMARTS) is 1. The fourth-order valence-electron chi connectivity index (χ4n) is 4.66. The van der Waals surface area contributed by atoms with Crippen LogP contribution in [0.3, 0.4) is 0 Å². The Bertz CT molecular complexity index is 1390. The van der Waals surface area contributed by atoms with E-state index in [9.17, 15) is 14.7 Å². The summed E-state index contributed by atoms with van der Waals surface area (Å²) >= 11 is 0. The minimum absolute atomic E-state index is 0.0503. The molecule has 0 saturated heterocycles. The highest BCUT2D eigenvalue weighted by atomic mass is 16.5. The lowest BCUT2D eigenvalue weighted by Gasteiger charge is -2.19. The lowest BCUT2D eigenvalue weighted by molar-refractivity contribution is -0.130. The van der Waals surface area contributed by atoms with E-state index < -0.39 is 12.0 Å². The number of carbonyl (C=O) groups is 2. The van der Waals surface area contributed by atoms with E-state index in [1.165, 1.54) is 0 Å². The number of carboxylic acids is 1. The number of rotatable bonds is 20. The van der Waals surface area contributed by atoms with Crippen molar-refractivity contribution < 1.29 is 24.2 Å². The van der Waals surface area contributed by atoms with E-state index in [1.54, 1.807) is 18.2 Å². The normalized spacial score (nSPS) is 12.2. The molecule has 3 aromatic rings. The molecule has 0 aliphatic heterocycles. The molecule has 3 rings (SSSR count). The molecule has 0 heterocycles. The van der Waals surface area contributed by atoms with Gasteiger partial charge in [0, 0.05) is 6.54 Å². The molecule has 0 aromatic heterocycles. The summed E-state index contributed by atoms with van der Waals surface area (Å²) in [7, 11) is 0. The van der Waals surface area contributed by atoms with Crippen LogP contribution in [0.5, 0.6) is 11.5 Å². The van der Waals surface area contributed by atoms with E-state index in [0.717, 1.165) is 41.7 Å². The second-order valence-corrected chi connectivity index (χ2v) is 10.8. The highest BCUT2D eigenvalue weighted by Gasteiger charge is 2.18. The summed E-state index contributed by atoms with van der Waals surface area (Å²) in [5, 5.41) is 16.2. The smallest absolute Gasteiger partial charge is 0.336 e. The van der Waals surface area contributed by atoms with Crippen molar-refractivity contribution in [2.24, 2.45) is 5.73 Å². The summed E-state index contributed by atoms with van der Waals surface area (Å²) in [5.74, 6) is 0.344. The van der Waals surface area contributed by atoms with Crippen LogP contribution in [-0.4, -0.2) is 49.3 Å². The van der Waals surface area contributed by atoms with Crippen molar-refractivity contribution in [3.05, 3.63) is 113 Å². The van der Waals surface area contributed by atoms with Crippen molar-refractivity contribution >= 4 is 17.4 Å². The fraction of sp³-hybridized carbons (Fsp3) is 0.351. The maximum Gasteiger partial charge on any atom is 0.336 e. The second kappa shape index (κ2) is 19.8. The van der Waals surface area contributed by atoms with Gasteiger partial charge in [-0.25, -0.2) is 4.79 Å². The first-order valence-electron chi connectivity index (χ1n) is 15.7. The van der Waals surface area contributed by atoms with Gasteiger partial charge in [-0.2, -0.15) is 0 Å². The lowest BCUT2D eigenvalue weighted by Crippen LogP contribution is -2.46. The number of benzene rings is 3. The van der Waals surface area contributed by atoms with Crippen LogP contribution in [0.4, 0.5) is 0 Å². The summed E-state index contributed by atoms with van der Waals surface area (Å²) in [4.78, 5) is 25.0. The van der Waals surface area contributed by atoms with Gasteiger partial charge >= 0.3 is 5.97 Å². The van der Waals surface area contributed by atoms with Crippen LogP contribution in [0.1, 0.15) is 54.9 Å². The Morgan fingerprint density at radius 2 is 1.67 bits per heavy atom. The van der Waals surface area contributed by atoms with E-state index >= 15 is 0 Å². The van der Waals surface area contributed by atoms with E-state index in [4.69, 9.17) is 15.2 Å². The number of aryl methyl sites for hydroxylation is 1. The standard InChI is InChI=1S/C37H47N3O5/c1-3-4-6-14-33(37(42)43)34-26-32(18-15-28(34)2)44-24-11-23-39-35(36(41)40-22-10-9-21-38)25-29-16-19-31(20-17-29)45-27-30-12-7-5-8-13-30/h4-8,12-20,26,35,39H,3,9-11,21-25,27,38H2,1-2H3,(H,40,41)(H,42,43)/b6-4+,33-14+. The fourth-order valence-corrected chi connectivity index (χ4v) is 4.66. The predicted octanol–water partition coefficient (Wildman–Crippen LogP) is 5.83. The molecule has 0 radical (unpaired) electrons. The second-order valence-electron chi connectivity index (χ2n) is 10.8. The molecule has 8 heteroatoms. The average Bonchev–Trinajstić information content (AvgIpc) is 3.05. The first kappa shape index (κ1) is 35.1. The summed E-state index contributed by atoms with van der Waals surface area (Å²) in [6.07, 6.45) is 9.01. The average molecular weight is 614 g/mol. The van der Waals surface area contributed by atoms with Crippen molar-refractivity contribution in [3.8, 4) is 11.5 Å². The van der Waals surface area contributed by atoms with Gasteiger partial charge < -0.3 is 30.9 Å². The van der Waals surface area contributed by atoms with Gasteiger partial charge in [-0.05, 0) is 105 Å². The third kappa shape index (κ3) is 12.6. The zero-order valence-electron chi connectivity index (χ0n) is 26.5. The van der Waals surface area contributed by atoms with Crippen molar-refractivity contribution in [3.63, 3.8) is 0 Å². The number of ether oxygens (including phenoxy) is 2. The molecular weight excluding hydrogens is 566 g/mol. The molecule has 1 unspecified atom stereocenters. The van der Waals surface area contributed by atoms with Crippen molar-refractivity contribution in [1.82, 2.24) is 10.6 Å². The predicted molar refractivity (Wildman–Crippen MR) is 180 cm³/mol. The summed E-state index contributed by atoms with van der Waals surface area (Å²) < 4.78 is 11.9. The molecule has 8 nitrogen and oxygen atoms in total. The minimum atomic E-state index is -0.984. The number of hydrogen-bond acceptors (Lipinski definition) is 6. The van der Waals surface area contributed by atoms with E-state index in [-0.39, 0.29) is 11.5 Å². The van der Waals surface area contributed by atoms with E-state index in [2.05, 4.69) is 10.6 Å². The van der Waals surface area contributed by atoms with E-state index in [0.29, 0.717) is 57.0 Å². The molecule has 0 bridgehead atoms. The monoisotopic (exact) mass is 613 g/mol. The molecule has 0 aliphatic carbocycles. The van der Waals surface area contributed by atoms with Gasteiger partial charge in [0.2, 0.25) is 5.91 Å². The van der Waals surface area contributed by atoms with Crippen molar-refractivity contribution in [2.75, 3.05) is 26.2 Å². The van der Waals surface area contributed by atoms with Crippen LogP contribution < -0.4 is 25.8 Å². The Hall–Kier alpha value is -4.40. The Morgan fingerprint density at radius 1 is 0.911 bits per heavy atom. The van der Waals surface area contributed by atoms with E-state index in [1.807, 2.05) is 86.7 Å². The Labute approximate surface area is 267 Å². The maximum atomic E-state index is 13.1. The highest BCUT2D eigenvalue weighted by Crippen LogP contribution is 2.25. The number of amides is 1. The Balaban J connectivity index is 1.56. The van der Waals surface area contributed by atoms with Gasteiger partial charge in [0.25, 0.3) is 0 Å². The third-order valence-electron chi connectivity index (χ3n) is 7.20. The molecule has 1 amide bonds. The number of nitrogens with two attached hydrogens (primary N) is 1. The number of allylic oxidation sites excluding steroid dienone is 3. The lowest BCUT2D eigenvalue weighted by atomic mass is 9.99. The summed E-state index contributed by atoms with van der Waals surface area (Å²) in [6.45, 7) is 6.54. The molecule has 0 spiro atoms. The quantitative estimate of drug-likeness (QED) is 0.0718. The molecular formula is C37H47N3O5. The largest absolute Gasteiger partial charge is 0.494 e. The maximum absolute atomic E-state index is 13.1. The molecule has 1 atom stereocenters. The van der Waals surface area contributed by atoms with Crippen LogP contribution in [0, 0.1) is 6.92 Å². The zero-order chi connectivity index (χ0) is 32.3. The number of aliphatic carboxylic acids is 1. The van der Waals surface area contributed by atoms with Crippen LogP contribution in [0.2, 0.25) is 0 Å². The van der Waals surface area contributed by atoms with Gasteiger partial charge in [-0.3, -0.25) is 4.79 Å². The number of unbranched alkanes of at least 4 members (excludes halogenated alkanes) is 1. The molecule has 240 valence electrons. The molecule has 45 heavy (non-hydrogen) atoms. The SMILES string of the molecule is CC/C=C/C=C(/C(=O)O)c1cc(OCCCNC(Cc2ccc(OCc3ccccc3)cc2)C(=O)NCCCCN)ccc1C. The van der Waals surface area contributed by atoms with Crippen LogP contribution in [-0.2, 0) is 22.6 Å². The summed E-state index contributed by atoms with van der Waals surface area (Å²) in [5.41, 5.74) is 9.44. The Kier molecular flexibility index (Phi) is 15.4.